The fraction of sp³-hybridized carbons (Fsp3) is 0.727. The van der Waals surface area contributed by atoms with Gasteiger partial charge in [-0.25, -0.2) is 9.18 Å². The lowest BCUT2D eigenvalue weighted by molar-refractivity contribution is -0.159. The zero-order valence-electron chi connectivity index (χ0n) is 18.9. The summed E-state index contributed by atoms with van der Waals surface area (Å²) in [7, 11) is 0. The second kappa shape index (κ2) is 10.4. The molecule has 0 spiro atoms. The van der Waals surface area contributed by atoms with Gasteiger partial charge < -0.3 is 19.9 Å². The number of carbonyl (C=O) groups excluding carboxylic acids is 2. The smallest absolute Gasteiger partial charge is 0.351 e. The van der Waals surface area contributed by atoms with E-state index >= 15 is 4.39 Å². The van der Waals surface area contributed by atoms with Gasteiger partial charge in [-0.15, -0.1) is 11.6 Å². The monoisotopic (exact) mass is 487 g/mol. The van der Waals surface area contributed by atoms with Crippen LogP contribution in [0.1, 0.15) is 71.4 Å². The van der Waals surface area contributed by atoms with Gasteiger partial charge in [0, 0.05) is 19.0 Å². The zero-order chi connectivity index (χ0) is 24.2. The van der Waals surface area contributed by atoms with Gasteiger partial charge in [-0.1, -0.05) is 39.5 Å². The Morgan fingerprint density at radius 1 is 1.21 bits per heavy atom. The number of carbonyl (C=O) groups is 2. The van der Waals surface area contributed by atoms with Crippen molar-refractivity contribution in [2.45, 2.75) is 94.2 Å². The van der Waals surface area contributed by atoms with Gasteiger partial charge in [-0.3, -0.25) is 14.2 Å². The molecule has 0 amide bonds. The molecule has 2 fully saturated rings. The zero-order valence-corrected chi connectivity index (χ0v) is 19.7. The van der Waals surface area contributed by atoms with Crippen LogP contribution in [-0.2, 0) is 23.8 Å². The lowest BCUT2D eigenvalue weighted by atomic mass is 10.1. The quantitative estimate of drug-likeness (QED) is 0.271. The number of unbranched alkanes of at least 4 members (excludes halogenated alkanes) is 4. The standard InChI is InChI=1S/C22H31ClFN3O6/c1-3-5-7-9-15(28)31-13-21-19(23)22(21,32-16(29)10-8-6-4-2)17(24)18(33-21)27-12-11-14(25)26-20(27)30/h11-12,17-19H,3-10,13H2,1-2H3,(H2,25,26,30)/t17-,18+,19?,21-,22+/m0/s1. The minimum absolute atomic E-state index is 0.0298. The maximum Gasteiger partial charge on any atom is 0.351 e. The van der Waals surface area contributed by atoms with Crippen molar-refractivity contribution in [2.75, 3.05) is 12.3 Å². The number of fused-ring (bicyclic) bond motifs is 1. The molecule has 1 unspecified atom stereocenters. The second-order valence-corrected chi connectivity index (χ2v) is 8.98. The number of anilines is 1. The Bertz CT molecular complexity index is 930. The third-order valence-electron chi connectivity index (χ3n) is 6.18. The number of nitrogen functional groups attached to an aromatic ring is 1. The molecule has 1 aromatic heterocycles. The number of nitrogens with two attached hydrogens (primary N) is 1. The van der Waals surface area contributed by atoms with Gasteiger partial charge >= 0.3 is 17.6 Å². The molecular formula is C22H31ClFN3O6. The Labute approximate surface area is 196 Å². The summed E-state index contributed by atoms with van der Waals surface area (Å²) in [5.41, 5.74) is 1.20. The molecule has 2 heterocycles. The van der Waals surface area contributed by atoms with Gasteiger partial charge in [0.2, 0.25) is 5.60 Å². The number of alkyl halides is 2. The largest absolute Gasteiger partial charge is 0.462 e. The van der Waals surface area contributed by atoms with Gasteiger partial charge in [0.15, 0.2) is 18.0 Å². The predicted molar refractivity (Wildman–Crippen MR) is 118 cm³/mol. The normalized spacial score (nSPS) is 30.0. The van der Waals surface area contributed by atoms with Crippen molar-refractivity contribution in [3.05, 3.63) is 22.7 Å². The van der Waals surface area contributed by atoms with Crippen molar-refractivity contribution in [1.29, 1.82) is 0 Å². The van der Waals surface area contributed by atoms with Crippen LogP contribution in [0.5, 0.6) is 0 Å². The Morgan fingerprint density at radius 2 is 1.85 bits per heavy atom. The molecule has 0 radical (unpaired) electrons. The molecule has 5 atom stereocenters. The van der Waals surface area contributed by atoms with Crippen LogP contribution < -0.4 is 11.4 Å². The van der Waals surface area contributed by atoms with E-state index in [0.717, 1.165) is 30.3 Å². The minimum Gasteiger partial charge on any atom is -0.462 e. The van der Waals surface area contributed by atoms with Crippen LogP contribution in [0.15, 0.2) is 17.1 Å². The maximum absolute atomic E-state index is 15.8. The van der Waals surface area contributed by atoms with Crippen LogP contribution in [0.4, 0.5) is 10.2 Å². The van der Waals surface area contributed by atoms with Gasteiger partial charge in [0.1, 0.15) is 17.8 Å². The summed E-state index contributed by atoms with van der Waals surface area (Å²) in [4.78, 5) is 40.6. The molecular weight excluding hydrogens is 457 g/mol. The Kier molecular flexibility index (Phi) is 8.00. The van der Waals surface area contributed by atoms with Crippen molar-refractivity contribution in [3.63, 3.8) is 0 Å². The highest BCUT2D eigenvalue weighted by atomic mass is 35.5. The lowest BCUT2D eigenvalue weighted by Gasteiger charge is -2.23. The molecule has 1 saturated heterocycles. The second-order valence-electron chi connectivity index (χ2n) is 8.55. The average Bonchev–Trinajstić information content (AvgIpc) is 3.15. The number of halogens is 2. The maximum atomic E-state index is 15.8. The number of rotatable bonds is 12. The third kappa shape index (κ3) is 4.73. The van der Waals surface area contributed by atoms with Crippen molar-refractivity contribution >= 4 is 29.4 Å². The summed E-state index contributed by atoms with van der Waals surface area (Å²) in [5.74, 6) is -1.14. The van der Waals surface area contributed by atoms with E-state index in [9.17, 15) is 14.4 Å². The molecule has 33 heavy (non-hydrogen) atoms. The molecule has 0 aromatic carbocycles. The summed E-state index contributed by atoms with van der Waals surface area (Å²) >= 11 is 6.44. The van der Waals surface area contributed by atoms with Crippen LogP contribution in [0.3, 0.4) is 0 Å². The Morgan fingerprint density at radius 3 is 2.45 bits per heavy atom. The summed E-state index contributed by atoms with van der Waals surface area (Å²) in [6, 6.07) is 1.32. The van der Waals surface area contributed by atoms with Crippen LogP contribution >= 0.6 is 11.6 Å². The molecule has 1 saturated carbocycles. The van der Waals surface area contributed by atoms with Crippen molar-refractivity contribution in [3.8, 4) is 0 Å². The van der Waals surface area contributed by atoms with E-state index in [4.69, 9.17) is 31.5 Å². The number of hydrogen-bond acceptors (Lipinski definition) is 8. The number of nitrogens with zero attached hydrogens (tertiary/aromatic N) is 2. The van der Waals surface area contributed by atoms with E-state index < -0.39 is 53.2 Å². The van der Waals surface area contributed by atoms with Crippen LogP contribution in [-0.4, -0.2) is 50.8 Å². The molecule has 1 aromatic rings. The molecule has 9 nitrogen and oxygen atoms in total. The molecule has 2 N–H and O–H groups in total. The number of aromatic nitrogens is 2. The minimum atomic E-state index is -1.99. The lowest BCUT2D eigenvalue weighted by Crippen LogP contribution is -2.40. The first-order chi connectivity index (χ1) is 15.7. The molecule has 3 rings (SSSR count). The van der Waals surface area contributed by atoms with Gasteiger partial charge in [0.05, 0.1) is 0 Å². The fourth-order valence-electron chi connectivity index (χ4n) is 4.24. The third-order valence-corrected chi connectivity index (χ3v) is 6.86. The van der Waals surface area contributed by atoms with Gasteiger partial charge in [0.25, 0.3) is 0 Å². The van der Waals surface area contributed by atoms with E-state index in [1.54, 1.807) is 0 Å². The molecule has 11 heteroatoms. The number of hydrogen-bond donors (Lipinski definition) is 1. The fourth-order valence-corrected chi connectivity index (χ4v) is 4.81. The van der Waals surface area contributed by atoms with E-state index in [0.29, 0.717) is 12.8 Å². The highest BCUT2D eigenvalue weighted by Crippen LogP contribution is 2.68. The molecule has 1 aliphatic carbocycles. The Hall–Kier alpha value is -2.20. The van der Waals surface area contributed by atoms with E-state index in [1.807, 2.05) is 13.8 Å². The van der Waals surface area contributed by atoms with Crippen molar-refractivity contribution in [1.82, 2.24) is 9.55 Å². The van der Waals surface area contributed by atoms with E-state index in [1.165, 1.54) is 12.3 Å². The molecule has 0 bridgehead atoms. The number of ether oxygens (including phenoxy) is 3. The molecule has 2 aliphatic rings. The van der Waals surface area contributed by atoms with Gasteiger partial charge in [-0.2, -0.15) is 4.98 Å². The van der Waals surface area contributed by atoms with E-state index in [-0.39, 0.29) is 18.7 Å². The first-order valence-electron chi connectivity index (χ1n) is 11.4. The average molecular weight is 488 g/mol. The first kappa shape index (κ1) is 25.4. The molecule has 1 aliphatic heterocycles. The van der Waals surface area contributed by atoms with Crippen LogP contribution in [0, 0.1) is 0 Å². The summed E-state index contributed by atoms with van der Waals surface area (Å²) in [5, 5.41) is -1.09. The van der Waals surface area contributed by atoms with Crippen molar-refractivity contribution in [2.24, 2.45) is 0 Å². The highest BCUT2D eigenvalue weighted by molar-refractivity contribution is 6.26. The molecule has 184 valence electrons. The topological polar surface area (TPSA) is 123 Å². The highest BCUT2D eigenvalue weighted by Gasteiger charge is 2.91. The van der Waals surface area contributed by atoms with Gasteiger partial charge in [-0.05, 0) is 18.9 Å². The van der Waals surface area contributed by atoms with Crippen LogP contribution in [0.2, 0.25) is 0 Å². The number of esters is 2. The summed E-state index contributed by atoms with van der Waals surface area (Å²) in [6.07, 6.45) is 2.85. The predicted octanol–water partition coefficient (Wildman–Crippen LogP) is 3.04. The summed E-state index contributed by atoms with van der Waals surface area (Å²) < 4.78 is 33.5. The SMILES string of the molecule is CCCCCC(=O)OC[C@@]12O[C@@H](n3ccc(N)nc3=O)[C@H](F)[C@@]1(OC(=O)CCCCC)C2Cl. The van der Waals surface area contributed by atoms with Crippen molar-refractivity contribution < 1.29 is 28.2 Å². The van der Waals surface area contributed by atoms with Crippen LogP contribution in [0.25, 0.3) is 0 Å². The first-order valence-corrected chi connectivity index (χ1v) is 11.8. The van der Waals surface area contributed by atoms with E-state index in [2.05, 4.69) is 4.98 Å². The Balaban J connectivity index is 1.82. The summed E-state index contributed by atoms with van der Waals surface area (Å²) in [6.45, 7) is 3.60.